The Labute approximate surface area is 194 Å². The molecule has 1 N–H and O–H groups in total. The smallest absolute Gasteiger partial charge is 0.263 e. The second-order valence-electron chi connectivity index (χ2n) is 7.68. The lowest BCUT2D eigenvalue weighted by atomic mass is 9.97. The van der Waals surface area contributed by atoms with E-state index in [1.165, 1.54) is 16.6 Å². The number of nitrogens with zero attached hydrogens (tertiary/aromatic N) is 2. The molecule has 0 radical (unpaired) electrons. The highest BCUT2D eigenvalue weighted by Crippen LogP contribution is 2.34. The minimum Gasteiger partial charge on any atom is -0.326 e. The summed E-state index contributed by atoms with van der Waals surface area (Å²) in [5.74, 6) is 0.0331. The molecule has 3 aromatic rings. The van der Waals surface area contributed by atoms with Crippen LogP contribution in [0.4, 0.5) is 5.69 Å². The van der Waals surface area contributed by atoms with E-state index in [0.29, 0.717) is 29.4 Å². The number of carbonyl (C=O) groups excluding carboxylic acids is 2. The van der Waals surface area contributed by atoms with E-state index in [9.17, 15) is 14.4 Å². The van der Waals surface area contributed by atoms with Gasteiger partial charge in [0.15, 0.2) is 10.9 Å². The summed E-state index contributed by atoms with van der Waals surface area (Å²) in [4.78, 5) is 44.4. The molecule has 0 unspecified atom stereocenters. The zero-order chi connectivity index (χ0) is 22.7. The Morgan fingerprint density at radius 1 is 1.25 bits per heavy atom. The summed E-state index contributed by atoms with van der Waals surface area (Å²) in [7, 11) is 0. The van der Waals surface area contributed by atoms with Crippen molar-refractivity contribution in [1.29, 1.82) is 0 Å². The van der Waals surface area contributed by atoms with Crippen LogP contribution < -0.4 is 10.9 Å². The predicted molar refractivity (Wildman–Crippen MR) is 131 cm³/mol. The number of nitrogens with one attached hydrogen (secondary N) is 1. The minimum absolute atomic E-state index is 0.0414. The summed E-state index contributed by atoms with van der Waals surface area (Å²) in [6, 6.07) is 6.85. The molecule has 0 saturated heterocycles. The predicted octanol–water partition coefficient (Wildman–Crippen LogP) is 4.85. The lowest BCUT2D eigenvalue weighted by Gasteiger charge is -2.12. The van der Waals surface area contributed by atoms with E-state index in [-0.39, 0.29) is 23.0 Å². The first-order chi connectivity index (χ1) is 15.5. The van der Waals surface area contributed by atoms with Crippen LogP contribution in [-0.2, 0) is 24.2 Å². The van der Waals surface area contributed by atoms with E-state index in [2.05, 4.69) is 11.9 Å². The van der Waals surface area contributed by atoms with Crippen molar-refractivity contribution in [2.24, 2.45) is 0 Å². The summed E-state index contributed by atoms with van der Waals surface area (Å²) >= 11 is 2.89. The molecule has 32 heavy (non-hydrogen) atoms. The standard InChI is InChI=1S/C24H25N3O3S2/c1-3-13-27-23(30)21-17-7-5-6-8-19(17)32-22(21)26-24(27)31-14-18(28)15-9-11-16(12-10-15)25-20(29)4-2/h3,9-12H,1,4-8,13-14H2,2H3,(H,25,29). The molecule has 0 aliphatic heterocycles. The van der Waals surface area contributed by atoms with Gasteiger partial charge in [-0.25, -0.2) is 4.98 Å². The Kier molecular flexibility index (Phi) is 6.91. The Morgan fingerprint density at radius 2 is 2.00 bits per heavy atom. The number of carbonyl (C=O) groups is 2. The number of thioether (sulfide) groups is 1. The van der Waals surface area contributed by atoms with Crippen molar-refractivity contribution in [2.45, 2.75) is 50.7 Å². The second-order valence-corrected chi connectivity index (χ2v) is 9.71. The molecule has 1 aliphatic carbocycles. The highest BCUT2D eigenvalue weighted by molar-refractivity contribution is 7.99. The highest BCUT2D eigenvalue weighted by atomic mass is 32.2. The second kappa shape index (κ2) is 9.83. The third-order valence-electron chi connectivity index (χ3n) is 5.50. The maximum Gasteiger partial charge on any atom is 0.263 e. The number of benzene rings is 1. The summed E-state index contributed by atoms with van der Waals surface area (Å²) in [6.07, 6.45) is 6.27. The number of fused-ring (bicyclic) bond motifs is 3. The van der Waals surface area contributed by atoms with Crippen LogP contribution in [0.5, 0.6) is 0 Å². The summed E-state index contributed by atoms with van der Waals surface area (Å²) in [5, 5.41) is 4.05. The maximum absolute atomic E-state index is 13.3. The van der Waals surface area contributed by atoms with Gasteiger partial charge in [0.1, 0.15) is 4.83 Å². The number of amides is 1. The van der Waals surface area contributed by atoms with Gasteiger partial charge in [-0.05, 0) is 55.5 Å². The van der Waals surface area contributed by atoms with E-state index in [0.717, 1.165) is 41.5 Å². The molecule has 6 nitrogen and oxygen atoms in total. The fourth-order valence-corrected chi connectivity index (χ4v) is 6.03. The van der Waals surface area contributed by atoms with Gasteiger partial charge in [-0.2, -0.15) is 0 Å². The van der Waals surface area contributed by atoms with Gasteiger partial charge < -0.3 is 5.32 Å². The highest BCUT2D eigenvalue weighted by Gasteiger charge is 2.22. The molecule has 4 rings (SSSR count). The van der Waals surface area contributed by atoms with Crippen LogP contribution in [-0.4, -0.2) is 27.0 Å². The van der Waals surface area contributed by atoms with Gasteiger partial charge >= 0.3 is 0 Å². The van der Waals surface area contributed by atoms with Crippen molar-refractivity contribution in [1.82, 2.24) is 9.55 Å². The first-order valence-electron chi connectivity index (χ1n) is 10.7. The molecule has 0 atom stereocenters. The molecule has 166 valence electrons. The largest absolute Gasteiger partial charge is 0.326 e. The number of aryl methyl sites for hydroxylation is 2. The molecule has 8 heteroatoms. The normalized spacial score (nSPS) is 13.0. The van der Waals surface area contributed by atoms with Gasteiger partial charge in [0.25, 0.3) is 5.56 Å². The van der Waals surface area contributed by atoms with E-state index in [4.69, 9.17) is 4.98 Å². The monoisotopic (exact) mass is 467 g/mol. The van der Waals surface area contributed by atoms with Crippen LogP contribution in [0.15, 0.2) is 46.9 Å². The van der Waals surface area contributed by atoms with E-state index in [1.54, 1.807) is 53.2 Å². The van der Waals surface area contributed by atoms with E-state index in [1.807, 2.05) is 0 Å². The number of ketones is 1. The van der Waals surface area contributed by atoms with Gasteiger partial charge in [-0.3, -0.25) is 19.0 Å². The van der Waals surface area contributed by atoms with Gasteiger partial charge in [-0.15, -0.1) is 17.9 Å². The molecule has 2 aromatic heterocycles. The topological polar surface area (TPSA) is 81.1 Å². The van der Waals surface area contributed by atoms with Gasteiger partial charge in [0.05, 0.1) is 11.1 Å². The van der Waals surface area contributed by atoms with Crippen molar-refractivity contribution < 1.29 is 9.59 Å². The molecule has 1 aromatic carbocycles. The molecule has 1 amide bonds. The molecular weight excluding hydrogens is 442 g/mol. The molecule has 0 saturated carbocycles. The van der Waals surface area contributed by atoms with Crippen LogP contribution in [0, 0.1) is 0 Å². The quantitative estimate of drug-likeness (QED) is 0.222. The Morgan fingerprint density at radius 3 is 2.72 bits per heavy atom. The lowest BCUT2D eigenvalue weighted by Crippen LogP contribution is -2.23. The number of anilines is 1. The first kappa shape index (κ1) is 22.5. The van der Waals surface area contributed by atoms with Crippen molar-refractivity contribution in [3.63, 3.8) is 0 Å². The van der Waals surface area contributed by atoms with Crippen LogP contribution >= 0.6 is 23.1 Å². The van der Waals surface area contributed by atoms with Gasteiger partial charge in [-0.1, -0.05) is 24.8 Å². The molecule has 2 heterocycles. The summed E-state index contributed by atoms with van der Waals surface area (Å²) in [5.41, 5.74) is 2.33. The molecule has 0 bridgehead atoms. The fourth-order valence-electron chi connectivity index (χ4n) is 3.82. The number of allylic oxidation sites excluding steroid dienone is 1. The van der Waals surface area contributed by atoms with Crippen LogP contribution in [0.1, 0.15) is 47.0 Å². The van der Waals surface area contributed by atoms with Gasteiger partial charge in [0.2, 0.25) is 5.91 Å². The first-order valence-corrected chi connectivity index (χ1v) is 12.5. The third-order valence-corrected chi connectivity index (χ3v) is 7.66. The number of Topliss-reactive ketones (excluding diaryl/α,β-unsaturated/α-hetero) is 1. The van der Waals surface area contributed by atoms with E-state index < -0.39 is 0 Å². The number of hydrogen-bond acceptors (Lipinski definition) is 6. The van der Waals surface area contributed by atoms with Crippen LogP contribution in [0.25, 0.3) is 10.2 Å². The lowest BCUT2D eigenvalue weighted by molar-refractivity contribution is -0.115. The van der Waals surface area contributed by atoms with Crippen LogP contribution in [0.2, 0.25) is 0 Å². The Bertz CT molecular complexity index is 1240. The average molecular weight is 468 g/mol. The summed E-state index contributed by atoms with van der Waals surface area (Å²) < 4.78 is 1.62. The molecule has 1 aliphatic rings. The fraction of sp³-hybridized carbons (Fsp3) is 0.333. The number of aromatic nitrogens is 2. The minimum atomic E-state index is -0.0726. The molecule has 0 spiro atoms. The van der Waals surface area contributed by atoms with Crippen molar-refractivity contribution in [3.05, 3.63) is 63.3 Å². The number of thiophene rings is 1. The van der Waals surface area contributed by atoms with Crippen molar-refractivity contribution in [3.8, 4) is 0 Å². The number of hydrogen-bond donors (Lipinski definition) is 1. The third kappa shape index (κ3) is 4.56. The van der Waals surface area contributed by atoms with Crippen molar-refractivity contribution >= 4 is 50.7 Å². The zero-order valence-corrected chi connectivity index (χ0v) is 19.6. The Hall–Kier alpha value is -2.71. The van der Waals surface area contributed by atoms with E-state index >= 15 is 0 Å². The zero-order valence-electron chi connectivity index (χ0n) is 18.0. The van der Waals surface area contributed by atoms with Crippen LogP contribution in [0.3, 0.4) is 0 Å². The maximum atomic E-state index is 13.3. The molecular formula is C24H25N3O3S2. The summed E-state index contributed by atoms with van der Waals surface area (Å²) in [6.45, 7) is 5.92. The van der Waals surface area contributed by atoms with Crippen molar-refractivity contribution in [2.75, 3.05) is 11.1 Å². The molecule has 0 fully saturated rings. The van der Waals surface area contributed by atoms with Gasteiger partial charge in [0, 0.05) is 29.1 Å². The Balaban J connectivity index is 1.56. The SMILES string of the molecule is C=CCn1c(SCC(=O)c2ccc(NC(=O)CC)cc2)nc2sc3c(c2c1=O)CCCC3. The number of rotatable bonds is 8. The average Bonchev–Trinajstić information content (AvgIpc) is 3.18.